The molecule has 82 valence electrons. The van der Waals surface area contributed by atoms with E-state index in [0.29, 0.717) is 6.04 Å². The molecule has 2 N–H and O–H groups in total. The predicted octanol–water partition coefficient (Wildman–Crippen LogP) is 1.63. The first-order valence-corrected chi connectivity index (χ1v) is 6.87. The van der Waals surface area contributed by atoms with Crippen molar-refractivity contribution in [3.63, 3.8) is 0 Å². The summed E-state index contributed by atoms with van der Waals surface area (Å²) in [5.74, 6) is 3.01. The SMILES string of the molecule is CC(CC1CC1)NCC1(O)CCSC1. The minimum atomic E-state index is -0.414. The summed E-state index contributed by atoms with van der Waals surface area (Å²) in [4.78, 5) is 0. The van der Waals surface area contributed by atoms with Crippen LogP contribution in [-0.4, -0.2) is 34.8 Å². The van der Waals surface area contributed by atoms with Crippen molar-refractivity contribution in [3.8, 4) is 0 Å². The summed E-state index contributed by atoms with van der Waals surface area (Å²) in [6.07, 6.45) is 5.10. The summed E-state index contributed by atoms with van der Waals surface area (Å²) in [5, 5.41) is 13.6. The van der Waals surface area contributed by atoms with E-state index in [2.05, 4.69) is 12.2 Å². The van der Waals surface area contributed by atoms with Gasteiger partial charge in [-0.3, -0.25) is 0 Å². The Morgan fingerprint density at radius 3 is 2.93 bits per heavy atom. The molecule has 1 heterocycles. The lowest BCUT2D eigenvalue weighted by Gasteiger charge is -2.24. The standard InChI is InChI=1S/C11H21NOS/c1-9(6-10-2-3-10)12-7-11(13)4-5-14-8-11/h9-10,12-13H,2-8H2,1H3. The maximum Gasteiger partial charge on any atom is 0.0869 e. The number of hydrogen-bond donors (Lipinski definition) is 2. The van der Waals surface area contributed by atoms with Crippen LogP contribution in [0.25, 0.3) is 0 Å². The highest BCUT2D eigenvalue weighted by Gasteiger charge is 2.32. The quantitative estimate of drug-likeness (QED) is 0.731. The molecule has 2 atom stereocenters. The first-order chi connectivity index (χ1) is 6.68. The van der Waals surface area contributed by atoms with Gasteiger partial charge in [-0.1, -0.05) is 12.8 Å². The van der Waals surface area contributed by atoms with Gasteiger partial charge in [-0.05, 0) is 31.4 Å². The molecule has 1 saturated heterocycles. The highest BCUT2D eigenvalue weighted by Crippen LogP contribution is 2.33. The lowest BCUT2D eigenvalue weighted by atomic mass is 10.0. The fraction of sp³-hybridized carbons (Fsp3) is 1.00. The van der Waals surface area contributed by atoms with Crippen molar-refractivity contribution in [1.82, 2.24) is 5.32 Å². The third kappa shape index (κ3) is 3.14. The second-order valence-electron chi connectivity index (χ2n) is 4.99. The minimum Gasteiger partial charge on any atom is -0.388 e. The van der Waals surface area contributed by atoms with Crippen LogP contribution < -0.4 is 5.32 Å². The van der Waals surface area contributed by atoms with E-state index in [9.17, 15) is 5.11 Å². The molecular formula is C11H21NOS. The fourth-order valence-corrected chi connectivity index (χ4v) is 3.33. The molecule has 3 heteroatoms. The van der Waals surface area contributed by atoms with Gasteiger partial charge in [-0.25, -0.2) is 0 Å². The van der Waals surface area contributed by atoms with Crippen LogP contribution in [0, 0.1) is 5.92 Å². The van der Waals surface area contributed by atoms with Gasteiger partial charge in [-0.15, -0.1) is 0 Å². The Balaban J connectivity index is 1.64. The molecule has 2 aliphatic rings. The second kappa shape index (κ2) is 4.42. The van der Waals surface area contributed by atoms with Crippen LogP contribution in [0.15, 0.2) is 0 Å². The van der Waals surface area contributed by atoms with Gasteiger partial charge in [0.15, 0.2) is 0 Å². The fourth-order valence-electron chi connectivity index (χ4n) is 2.04. The van der Waals surface area contributed by atoms with Gasteiger partial charge in [0, 0.05) is 18.3 Å². The largest absolute Gasteiger partial charge is 0.388 e. The number of thioether (sulfide) groups is 1. The lowest BCUT2D eigenvalue weighted by molar-refractivity contribution is 0.0646. The number of hydrogen-bond acceptors (Lipinski definition) is 3. The van der Waals surface area contributed by atoms with Crippen molar-refractivity contribution >= 4 is 11.8 Å². The second-order valence-corrected chi connectivity index (χ2v) is 6.09. The summed E-state index contributed by atoms with van der Waals surface area (Å²) < 4.78 is 0. The zero-order valence-corrected chi connectivity index (χ0v) is 9.78. The van der Waals surface area contributed by atoms with E-state index in [4.69, 9.17) is 0 Å². The smallest absolute Gasteiger partial charge is 0.0869 e. The third-order valence-electron chi connectivity index (χ3n) is 3.25. The molecular weight excluding hydrogens is 194 g/mol. The lowest BCUT2D eigenvalue weighted by Crippen LogP contribution is -2.43. The minimum absolute atomic E-state index is 0.414. The van der Waals surface area contributed by atoms with E-state index >= 15 is 0 Å². The molecule has 1 aliphatic heterocycles. The van der Waals surface area contributed by atoms with Crippen LogP contribution in [0.1, 0.15) is 32.6 Å². The van der Waals surface area contributed by atoms with Crippen LogP contribution in [-0.2, 0) is 0 Å². The summed E-state index contributed by atoms with van der Waals surface area (Å²) >= 11 is 1.87. The molecule has 0 bridgehead atoms. The molecule has 2 unspecified atom stereocenters. The average molecular weight is 215 g/mol. The summed E-state index contributed by atoms with van der Waals surface area (Å²) in [7, 11) is 0. The molecule has 0 spiro atoms. The van der Waals surface area contributed by atoms with Crippen molar-refractivity contribution in [1.29, 1.82) is 0 Å². The van der Waals surface area contributed by atoms with Gasteiger partial charge in [0.25, 0.3) is 0 Å². The monoisotopic (exact) mass is 215 g/mol. The highest BCUT2D eigenvalue weighted by molar-refractivity contribution is 7.99. The van der Waals surface area contributed by atoms with E-state index in [-0.39, 0.29) is 0 Å². The predicted molar refractivity (Wildman–Crippen MR) is 61.7 cm³/mol. The first-order valence-electron chi connectivity index (χ1n) is 5.71. The molecule has 0 amide bonds. The van der Waals surface area contributed by atoms with Crippen molar-refractivity contribution in [2.45, 2.75) is 44.2 Å². The van der Waals surface area contributed by atoms with Gasteiger partial charge in [0.1, 0.15) is 0 Å². The van der Waals surface area contributed by atoms with Crippen LogP contribution in [0.5, 0.6) is 0 Å². The molecule has 2 fully saturated rings. The van der Waals surface area contributed by atoms with E-state index in [1.54, 1.807) is 0 Å². The van der Waals surface area contributed by atoms with Crippen LogP contribution in [0.3, 0.4) is 0 Å². The topological polar surface area (TPSA) is 32.3 Å². The van der Waals surface area contributed by atoms with Crippen LogP contribution in [0.2, 0.25) is 0 Å². The highest BCUT2D eigenvalue weighted by atomic mass is 32.2. The normalized spacial score (nSPS) is 34.7. The van der Waals surface area contributed by atoms with Gasteiger partial charge in [0.05, 0.1) is 5.60 Å². The molecule has 1 aliphatic carbocycles. The number of aliphatic hydroxyl groups is 1. The molecule has 1 saturated carbocycles. The van der Waals surface area contributed by atoms with E-state index in [1.807, 2.05) is 11.8 Å². The number of nitrogens with one attached hydrogen (secondary N) is 1. The Morgan fingerprint density at radius 2 is 2.36 bits per heavy atom. The zero-order valence-electron chi connectivity index (χ0n) is 8.96. The van der Waals surface area contributed by atoms with Crippen molar-refractivity contribution < 1.29 is 5.11 Å². The average Bonchev–Trinajstić information content (AvgIpc) is 2.85. The Hall–Kier alpha value is 0.270. The van der Waals surface area contributed by atoms with E-state index < -0.39 is 5.60 Å². The van der Waals surface area contributed by atoms with Gasteiger partial charge in [-0.2, -0.15) is 11.8 Å². The first kappa shape index (κ1) is 10.8. The van der Waals surface area contributed by atoms with Gasteiger partial charge < -0.3 is 10.4 Å². The molecule has 2 rings (SSSR count). The summed E-state index contributed by atoms with van der Waals surface area (Å²) in [5.41, 5.74) is -0.414. The Morgan fingerprint density at radius 1 is 1.57 bits per heavy atom. The van der Waals surface area contributed by atoms with Gasteiger partial charge >= 0.3 is 0 Å². The van der Waals surface area contributed by atoms with Crippen molar-refractivity contribution in [2.75, 3.05) is 18.1 Å². The molecule has 0 aromatic heterocycles. The summed E-state index contributed by atoms with van der Waals surface area (Å²) in [6, 6.07) is 0.581. The van der Waals surface area contributed by atoms with Gasteiger partial charge in [0.2, 0.25) is 0 Å². The van der Waals surface area contributed by atoms with Crippen molar-refractivity contribution in [2.24, 2.45) is 5.92 Å². The Bertz CT molecular complexity index is 188. The zero-order chi connectivity index (χ0) is 10.0. The van der Waals surface area contributed by atoms with E-state index in [0.717, 1.165) is 30.4 Å². The van der Waals surface area contributed by atoms with E-state index in [1.165, 1.54) is 19.3 Å². The third-order valence-corrected chi connectivity index (χ3v) is 4.48. The molecule has 0 radical (unpaired) electrons. The Labute approximate surface area is 90.8 Å². The molecule has 14 heavy (non-hydrogen) atoms. The van der Waals surface area contributed by atoms with Crippen LogP contribution >= 0.6 is 11.8 Å². The number of rotatable bonds is 5. The van der Waals surface area contributed by atoms with Crippen LogP contribution in [0.4, 0.5) is 0 Å². The maximum absolute atomic E-state index is 10.1. The molecule has 2 nitrogen and oxygen atoms in total. The summed E-state index contributed by atoms with van der Waals surface area (Å²) in [6.45, 7) is 3.03. The maximum atomic E-state index is 10.1. The molecule has 0 aromatic rings. The Kier molecular flexibility index (Phi) is 3.40. The molecule has 0 aromatic carbocycles. The van der Waals surface area contributed by atoms with Crippen molar-refractivity contribution in [3.05, 3.63) is 0 Å².